The minimum Gasteiger partial charge on any atom is -0.486 e. The van der Waals surface area contributed by atoms with Crippen LogP contribution in [0, 0.1) is 6.92 Å². The SMILES string of the molecule is Cc1cccc(OCc2nnc([C@H]3CC[C@H](n4cc(C5(O)CCN(C(=O)OC(C)(C)C)CC5)nn4)CC3)n2C)c1. The van der Waals surface area contributed by atoms with Crippen LogP contribution in [0.2, 0.25) is 0 Å². The van der Waals surface area contributed by atoms with E-state index in [0.717, 1.165) is 48.6 Å². The van der Waals surface area contributed by atoms with Crippen molar-refractivity contribution >= 4 is 6.09 Å². The number of rotatable bonds is 6. The molecule has 1 saturated heterocycles. The zero-order valence-electron chi connectivity index (χ0n) is 24.2. The van der Waals surface area contributed by atoms with Gasteiger partial charge in [-0.25, -0.2) is 9.48 Å². The summed E-state index contributed by atoms with van der Waals surface area (Å²) in [6.07, 6.45) is 6.18. The van der Waals surface area contributed by atoms with Gasteiger partial charge >= 0.3 is 6.09 Å². The van der Waals surface area contributed by atoms with Crippen LogP contribution in [0.3, 0.4) is 0 Å². The van der Waals surface area contributed by atoms with Gasteiger partial charge in [-0.15, -0.1) is 15.3 Å². The number of piperidine rings is 1. The Balaban J connectivity index is 1.14. The Hall–Kier alpha value is -3.47. The molecule has 40 heavy (non-hydrogen) atoms. The number of aromatic nitrogens is 6. The summed E-state index contributed by atoms with van der Waals surface area (Å²) in [5.74, 6) is 2.96. The van der Waals surface area contributed by atoms with Crippen molar-refractivity contribution in [3.63, 3.8) is 0 Å². The lowest BCUT2D eigenvalue weighted by atomic mass is 9.85. The quantitative estimate of drug-likeness (QED) is 0.478. The van der Waals surface area contributed by atoms with Crippen LogP contribution in [0.5, 0.6) is 5.75 Å². The average molecular weight is 552 g/mol. The summed E-state index contributed by atoms with van der Waals surface area (Å²) in [6.45, 7) is 8.81. The largest absolute Gasteiger partial charge is 0.486 e. The molecule has 1 amide bonds. The zero-order chi connectivity index (χ0) is 28.5. The van der Waals surface area contributed by atoms with E-state index in [-0.39, 0.29) is 12.1 Å². The topological polar surface area (TPSA) is 120 Å². The van der Waals surface area contributed by atoms with Crippen molar-refractivity contribution in [2.24, 2.45) is 7.05 Å². The van der Waals surface area contributed by atoms with Crippen LogP contribution in [0.4, 0.5) is 4.79 Å². The highest BCUT2D eigenvalue weighted by molar-refractivity contribution is 5.68. The molecule has 3 aromatic rings. The standard InChI is InChI=1S/C29H41N7O4/c1-20-7-6-8-23(17-20)39-19-25-31-32-26(34(25)5)21-9-11-22(12-10-21)36-18-24(30-33-36)29(38)13-15-35(16-14-29)27(37)40-28(2,3)4/h6-8,17-18,21-22,38H,9-16,19H2,1-5H3/t21-,22-. The van der Waals surface area contributed by atoms with Gasteiger partial charge in [0.15, 0.2) is 5.82 Å². The maximum atomic E-state index is 12.4. The Kier molecular flexibility index (Phi) is 7.85. The molecule has 0 spiro atoms. The number of aliphatic hydroxyl groups is 1. The van der Waals surface area contributed by atoms with E-state index in [1.807, 2.05) is 69.9 Å². The predicted molar refractivity (Wildman–Crippen MR) is 148 cm³/mol. The van der Waals surface area contributed by atoms with Crippen LogP contribution in [0.25, 0.3) is 0 Å². The fraction of sp³-hybridized carbons (Fsp3) is 0.621. The van der Waals surface area contributed by atoms with Gasteiger partial charge in [-0.1, -0.05) is 17.3 Å². The molecule has 1 saturated carbocycles. The number of ether oxygens (including phenoxy) is 2. The third-order valence-corrected chi connectivity index (χ3v) is 8.02. The number of carbonyl (C=O) groups excluding carboxylic acids is 1. The Labute approximate surface area is 235 Å². The molecule has 0 radical (unpaired) electrons. The van der Waals surface area contributed by atoms with Crippen molar-refractivity contribution in [3.05, 3.63) is 53.4 Å². The Morgan fingerprint density at radius 1 is 1.10 bits per heavy atom. The van der Waals surface area contributed by atoms with Crippen molar-refractivity contribution < 1.29 is 19.4 Å². The third kappa shape index (κ3) is 6.29. The maximum absolute atomic E-state index is 12.4. The molecule has 11 nitrogen and oxygen atoms in total. The van der Waals surface area contributed by atoms with Crippen molar-refractivity contribution in [3.8, 4) is 5.75 Å². The molecule has 2 aliphatic rings. The summed E-state index contributed by atoms with van der Waals surface area (Å²) in [6, 6.07) is 8.22. The van der Waals surface area contributed by atoms with Crippen LogP contribution in [0.15, 0.2) is 30.5 Å². The Morgan fingerprint density at radius 2 is 1.82 bits per heavy atom. The van der Waals surface area contributed by atoms with Crippen molar-refractivity contribution in [1.82, 2.24) is 34.7 Å². The van der Waals surface area contributed by atoms with Crippen LogP contribution in [0.1, 0.15) is 94.2 Å². The summed E-state index contributed by atoms with van der Waals surface area (Å²) in [4.78, 5) is 14.1. The lowest BCUT2D eigenvalue weighted by Gasteiger charge is -2.37. The number of likely N-dealkylation sites (tertiary alicyclic amines) is 1. The molecule has 11 heteroatoms. The summed E-state index contributed by atoms with van der Waals surface area (Å²) in [5.41, 5.74) is 0.0939. The van der Waals surface area contributed by atoms with Crippen LogP contribution in [-0.2, 0) is 24.0 Å². The van der Waals surface area contributed by atoms with Crippen LogP contribution >= 0.6 is 0 Å². The molecule has 2 aromatic heterocycles. The summed E-state index contributed by atoms with van der Waals surface area (Å²) in [5, 5.41) is 29.0. The summed E-state index contributed by atoms with van der Waals surface area (Å²) < 4.78 is 15.4. The van der Waals surface area contributed by atoms with Gasteiger partial charge in [-0.3, -0.25) is 0 Å². The number of benzene rings is 1. The van der Waals surface area contributed by atoms with Crippen molar-refractivity contribution in [1.29, 1.82) is 0 Å². The second-order valence-electron chi connectivity index (χ2n) is 12.2. The first-order valence-corrected chi connectivity index (χ1v) is 14.2. The van der Waals surface area contributed by atoms with Crippen LogP contribution < -0.4 is 4.74 Å². The minimum atomic E-state index is -1.09. The lowest BCUT2D eigenvalue weighted by Crippen LogP contribution is -2.47. The minimum absolute atomic E-state index is 0.223. The van der Waals surface area contributed by atoms with E-state index in [1.165, 1.54) is 0 Å². The van der Waals surface area contributed by atoms with Crippen LogP contribution in [-0.4, -0.2) is 64.5 Å². The number of aryl methyl sites for hydroxylation is 1. The van der Waals surface area contributed by atoms with Gasteiger partial charge in [-0.2, -0.15) is 0 Å². The van der Waals surface area contributed by atoms with Gasteiger partial charge in [0.2, 0.25) is 0 Å². The molecular weight excluding hydrogens is 510 g/mol. The predicted octanol–water partition coefficient (Wildman–Crippen LogP) is 4.41. The van der Waals surface area contributed by atoms with Gasteiger partial charge in [0, 0.05) is 26.1 Å². The fourth-order valence-corrected chi connectivity index (χ4v) is 5.62. The number of nitrogens with zero attached hydrogens (tertiary/aromatic N) is 7. The second-order valence-corrected chi connectivity index (χ2v) is 12.2. The first kappa shape index (κ1) is 28.1. The third-order valence-electron chi connectivity index (χ3n) is 8.02. The molecule has 1 aromatic carbocycles. The molecule has 0 bridgehead atoms. The number of amides is 1. The molecule has 216 valence electrons. The molecule has 3 heterocycles. The van der Waals surface area contributed by atoms with E-state index < -0.39 is 11.2 Å². The van der Waals surface area contributed by atoms with Gasteiger partial charge in [0.25, 0.3) is 0 Å². The van der Waals surface area contributed by atoms with E-state index in [0.29, 0.717) is 44.1 Å². The smallest absolute Gasteiger partial charge is 0.410 e. The van der Waals surface area contributed by atoms with E-state index in [1.54, 1.807) is 4.90 Å². The number of hydrogen-bond acceptors (Lipinski definition) is 8. The first-order valence-electron chi connectivity index (χ1n) is 14.2. The molecular formula is C29H41N7O4. The van der Waals surface area contributed by atoms with E-state index in [2.05, 4.69) is 25.1 Å². The van der Waals surface area contributed by atoms with Crippen molar-refractivity contribution in [2.45, 2.75) is 96.0 Å². The monoisotopic (exact) mass is 551 g/mol. The van der Waals surface area contributed by atoms with E-state index in [9.17, 15) is 9.90 Å². The molecule has 1 N–H and O–H groups in total. The maximum Gasteiger partial charge on any atom is 0.410 e. The fourth-order valence-electron chi connectivity index (χ4n) is 5.62. The molecule has 5 rings (SSSR count). The molecule has 0 unspecified atom stereocenters. The van der Waals surface area contributed by atoms with Gasteiger partial charge in [0.1, 0.15) is 35.1 Å². The lowest BCUT2D eigenvalue weighted by molar-refractivity contribution is -0.0382. The summed E-state index contributed by atoms with van der Waals surface area (Å²) >= 11 is 0. The average Bonchev–Trinajstić information content (AvgIpc) is 3.55. The summed E-state index contributed by atoms with van der Waals surface area (Å²) in [7, 11) is 2.01. The normalized spacial score (nSPS) is 21.3. The zero-order valence-corrected chi connectivity index (χ0v) is 24.2. The molecule has 1 aliphatic heterocycles. The highest BCUT2D eigenvalue weighted by atomic mass is 16.6. The van der Waals surface area contributed by atoms with Crippen molar-refractivity contribution in [2.75, 3.05) is 13.1 Å². The number of hydrogen-bond donors (Lipinski definition) is 1. The van der Waals surface area contributed by atoms with E-state index in [4.69, 9.17) is 9.47 Å². The highest BCUT2D eigenvalue weighted by Crippen LogP contribution is 2.38. The Bertz CT molecular complexity index is 1310. The number of carbonyl (C=O) groups is 1. The molecule has 2 fully saturated rings. The second kappa shape index (κ2) is 11.2. The van der Waals surface area contributed by atoms with Gasteiger partial charge in [0.05, 0.1) is 12.2 Å². The van der Waals surface area contributed by atoms with Gasteiger partial charge in [-0.05, 0) is 83.9 Å². The van der Waals surface area contributed by atoms with Gasteiger partial charge < -0.3 is 24.0 Å². The first-order chi connectivity index (χ1) is 19.0. The highest BCUT2D eigenvalue weighted by Gasteiger charge is 2.39. The molecule has 1 aliphatic carbocycles. The molecule has 0 atom stereocenters. The Morgan fingerprint density at radius 3 is 2.50 bits per heavy atom. The van der Waals surface area contributed by atoms with E-state index >= 15 is 0 Å².